The summed E-state index contributed by atoms with van der Waals surface area (Å²) >= 11 is 11.7. The lowest BCUT2D eigenvalue weighted by Gasteiger charge is -2.10. The molecule has 0 spiro atoms. The molecule has 0 saturated heterocycles. The van der Waals surface area contributed by atoms with Crippen molar-refractivity contribution in [2.24, 2.45) is 0 Å². The summed E-state index contributed by atoms with van der Waals surface area (Å²) in [5, 5.41) is 6.80. The molecule has 32 heavy (non-hydrogen) atoms. The van der Waals surface area contributed by atoms with Crippen LogP contribution in [0.15, 0.2) is 72.8 Å². The molecule has 6 nitrogen and oxygen atoms in total. The summed E-state index contributed by atoms with van der Waals surface area (Å²) in [5.41, 5.74) is 0.781. The highest BCUT2D eigenvalue weighted by atomic mass is 35.5. The lowest BCUT2D eigenvalue weighted by Crippen LogP contribution is -2.30. The minimum atomic E-state index is -0.287. The second-order valence-electron chi connectivity index (χ2n) is 6.70. The highest BCUT2D eigenvalue weighted by Gasteiger charge is 2.10. The number of hydrogen-bond donors (Lipinski definition) is 2. The highest BCUT2D eigenvalue weighted by molar-refractivity contribution is 6.30. The minimum Gasteiger partial charge on any atom is -0.492 e. The van der Waals surface area contributed by atoms with Gasteiger partial charge in [-0.05, 0) is 66.7 Å². The Balaban J connectivity index is 1.40. The zero-order valence-corrected chi connectivity index (χ0v) is 18.7. The van der Waals surface area contributed by atoms with Crippen LogP contribution >= 0.6 is 23.2 Å². The Bertz CT molecular complexity index is 960. The van der Waals surface area contributed by atoms with E-state index in [1.807, 2.05) is 0 Å². The first-order chi connectivity index (χ1) is 15.5. The van der Waals surface area contributed by atoms with Crippen molar-refractivity contribution >= 4 is 35.0 Å². The molecule has 8 heteroatoms. The lowest BCUT2D eigenvalue weighted by molar-refractivity contribution is 0.0946. The zero-order valence-electron chi connectivity index (χ0n) is 17.1. The smallest absolute Gasteiger partial charge is 0.251 e. The maximum absolute atomic E-state index is 12.4. The second-order valence-corrected chi connectivity index (χ2v) is 7.57. The predicted molar refractivity (Wildman–Crippen MR) is 125 cm³/mol. The van der Waals surface area contributed by atoms with E-state index in [2.05, 4.69) is 10.6 Å². The van der Waals surface area contributed by atoms with E-state index in [1.54, 1.807) is 72.8 Å². The van der Waals surface area contributed by atoms with Gasteiger partial charge in [-0.25, -0.2) is 0 Å². The van der Waals surface area contributed by atoms with Gasteiger partial charge in [0.15, 0.2) is 0 Å². The van der Waals surface area contributed by atoms with E-state index in [-0.39, 0.29) is 11.8 Å². The van der Waals surface area contributed by atoms with Gasteiger partial charge in [0.25, 0.3) is 11.8 Å². The molecule has 2 N–H and O–H groups in total. The third-order valence-electron chi connectivity index (χ3n) is 4.33. The number of ether oxygens (including phenoxy) is 2. The zero-order chi connectivity index (χ0) is 22.8. The molecule has 2 amide bonds. The normalized spacial score (nSPS) is 10.3. The summed E-state index contributed by atoms with van der Waals surface area (Å²) in [7, 11) is 0. The molecule has 3 aromatic carbocycles. The molecule has 3 aromatic rings. The van der Waals surface area contributed by atoms with Crippen LogP contribution < -0.4 is 20.1 Å². The summed E-state index contributed by atoms with van der Waals surface area (Å²) in [5.74, 6) is 0.764. The Kier molecular flexibility index (Phi) is 8.78. The molecule has 0 radical (unpaired) electrons. The molecular weight excluding hydrogens is 451 g/mol. The Morgan fingerprint density at radius 2 is 1.06 bits per heavy atom. The van der Waals surface area contributed by atoms with E-state index in [4.69, 9.17) is 32.7 Å². The minimum absolute atomic E-state index is 0.287. The fraction of sp³-hybridized carbons (Fsp3) is 0.167. The number of amides is 2. The van der Waals surface area contributed by atoms with Gasteiger partial charge in [-0.3, -0.25) is 9.59 Å². The van der Waals surface area contributed by atoms with Gasteiger partial charge < -0.3 is 20.1 Å². The van der Waals surface area contributed by atoms with Crippen molar-refractivity contribution in [2.45, 2.75) is 0 Å². The third kappa shape index (κ3) is 7.48. The van der Waals surface area contributed by atoms with E-state index >= 15 is 0 Å². The van der Waals surface area contributed by atoms with Crippen LogP contribution in [-0.2, 0) is 0 Å². The van der Waals surface area contributed by atoms with Crippen LogP contribution in [-0.4, -0.2) is 38.1 Å². The predicted octanol–water partition coefficient (Wildman–Crippen LogP) is 4.61. The molecule has 0 saturated carbocycles. The summed E-state index contributed by atoms with van der Waals surface area (Å²) in [6.45, 7) is 1.25. The van der Waals surface area contributed by atoms with Crippen LogP contribution in [0.1, 0.15) is 20.7 Å². The first-order valence-corrected chi connectivity index (χ1v) is 10.7. The Labute approximate surface area is 196 Å². The monoisotopic (exact) mass is 472 g/mol. The van der Waals surface area contributed by atoms with Gasteiger partial charge in [-0.2, -0.15) is 0 Å². The van der Waals surface area contributed by atoms with E-state index in [0.717, 1.165) is 0 Å². The first-order valence-electron chi connectivity index (χ1n) is 9.94. The summed E-state index contributed by atoms with van der Waals surface area (Å²) in [6, 6.07) is 20.5. The number of carbonyl (C=O) groups is 2. The average molecular weight is 473 g/mol. The second kappa shape index (κ2) is 12.0. The van der Waals surface area contributed by atoms with E-state index in [0.29, 0.717) is 59.0 Å². The molecule has 3 rings (SSSR count). The number of halogens is 2. The Hall–Kier alpha value is -3.22. The molecule has 0 fully saturated rings. The lowest BCUT2D eigenvalue weighted by atomic mass is 10.1. The van der Waals surface area contributed by atoms with Crippen LogP contribution in [0.3, 0.4) is 0 Å². The SMILES string of the molecule is O=C(NCCOc1ccc(Cl)cc1)c1cccc(C(=O)NCCOc2ccc(Cl)cc2)c1. The van der Waals surface area contributed by atoms with Crippen molar-refractivity contribution in [1.82, 2.24) is 10.6 Å². The molecule has 0 aliphatic carbocycles. The molecule has 0 unspecified atom stereocenters. The first kappa shape index (κ1) is 23.4. The van der Waals surface area contributed by atoms with Gasteiger partial charge in [0.05, 0.1) is 13.1 Å². The van der Waals surface area contributed by atoms with Crippen LogP contribution in [0, 0.1) is 0 Å². The fourth-order valence-electron chi connectivity index (χ4n) is 2.73. The molecule has 0 bridgehead atoms. The molecule has 0 heterocycles. The summed E-state index contributed by atoms with van der Waals surface area (Å²) < 4.78 is 11.1. The van der Waals surface area contributed by atoms with E-state index in [9.17, 15) is 9.59 Å². The van der Waals surface area contributed by atoms with Crippen molar-refractivity contribution in [3.8, 4) is 11.5 Å². The maximum atomic E-state index is 12.4. The molecule has 0 aliphatic heterocycles. The quantitative estimate of drug-likeness (QED) is 0.422. The largest absolute Gasteiger partial charge is 0.492 e. The van der Waals surface area contributed by atoms with Crippen molar-refractivity contribution in [1.29, 1.82) is 0 Å². The maximum Gasteiger partial charge on any atom is 0.251 e. The molecule has 166 valence electrons. The van der Waals surface area contributed by atoms with Crippen molar-refractivity contribution in [3.05, 3.63) is 94.0 Å². The topological polar surface area (TPSA) is 76.7 Å². The molecule has 0 atom stereocenters. The standard InChI is InChI=1S/C24H22Cl2N2O4/c25-19-4-8-21(9-5-19)31-14-12-27-23(29)17-2-1-3-18(16-17)24(30)28-13-15-32-22-10-6-20(26)7-11-22/h1-11,16H,12-15H2,(H,27,29)(H,28,30). The Morgan fingerprint density at radius 3 is 1.47 bits per heavy atom. The van der Waals surface area contributed by atoms with Gasteiger partial charge in [0.1, 0.15) is 24.7 Å². The number of nitrogens with one attached hydrogen (secondary N) is 2. The summed E-state index contributed by atoms with van der Waals surface area (Å²) in [4.78, 5) is 24.7. The summed E-state index contributed by atoms with van der Waals surface area (Å²) in [6.07, 6.45) is 0. The van der Waals surface area contributed by atoms with Crippen molar-refractivity contribution < 1.29 is 19.1 Å². The third-order valence-corrected chi connectivity index (χ3v) is 4.83. The van der Waals surface area contributed by atoms with Crippen molar-refractivity contribution in [2.75, 3.05) is 26.3 Å². The molecule has 0 aliphatic rings. The van der Waals surface area contributed by atoms with Crippen LogP contribution in [0.2, 0.25) is 10.0 Å². The Morgan fingerprint density at radius 1 is 0.656 bits per heavy atom. The van der Waals surface area contributed by atoms with Crippen molar-refractivity contribution in [3.63, 3.8) is 0 Å². The molecule has 0 aromatic heterocycles. The van der Waals surface area contributed by atoms with Crippen LogP contribution in [0.25, 0.3) is 0 Å². The van der Waals surface area contributed by atoms with Crippen LogP contribution in [0.5, 0.6) is 11.5 Å². The molecular formula is C24H22Cl2N2O4. The van der Waals surface area contributed by atoms with Gasteiger partial charge in [0.2, 0.25) is 0 Å². The number of hydrogen-bond acceptors (Lipinski definition) is 4. The van der Waals surface area contributed by atoms with Crippen LogP contribution in [0.4, 0.5) is 0 Å². The average Bonchev–Trinajstić information content (AvgIpc) is 2.81. The number of benzene rings is 3. The number of carbonyl (C=O) groups excluding carboxylic acids is 2. The van der Waals surface area contributed by atoms with Gasteiger partial charge >= 0.3 is 0 Å². The van der Waals surface area contributed by atoms with Gasteiger partial charge in [-0.15, -0.1) is 0 Å². The fourth-order valence-corrected chi connectivity index (χ4v) is 2.99. The highest BCUT2D eigenvalue weighted by Crippen LogP contribution is 2.16. The van der Waals surface area contributed by atoms with Gasteiger partial charge in [0, 0.05) is 21.2 Å². The van der Waals surface area contributed by atoms with Gasteiger partial charge in [-0.1, -0.05) is 29.3 Å². The van der Waals surface area contributed by atoms with E-state index in [1.165, 1.54) is 0 Å². The van der Waals surface area contributed by atoms with E-state index < -0.39 is 0 Å². The number of rotatable bonds is 10.